The molecule has 1 aliphatic heterocycles. The lowest BCUT2D eigenvalue weighted by molar-refractivity contribution is -0.275. The summed E-state index contributed by atoms with van der Waals surface area (Å²) < 4.78 is 61.9. The fourth-order valence-corrected chi connectivity index (χ4v) is 5.02. The van der Waals surface area contributed by atoms with Gasteiger partial charge in [0.1, 0.15) is 23.7 Å². The van der Waals surface area contributed by atoms with Crippen molar-refractivity contribution >= 4 is 11.7 Å². The number of carboxylic acid groups (broad SMARTS) is 1. The van der Waals surface area contributed by atoms with Crippen LogP contribution in [0, 0.1) is 23.6 Å². The molecule has 4 unspecified atom stereocenters. The summed E-state index contributed by atoms with van der Waals surface area (Å²) in [5.41, 5.74) is 8.23. The molecule has 0 saturated heterocycles. The zero-order chi connectivity index (χ0) is 33.0. The number of benzene rings is 2. The van der Waals surface area contributed by atoms with E-state index in [1.165, 1.54) is 31.4 Å². The molecule has 1 heterocycles. The maximum absolute atomic E-state index is 12.9. The van der Waals surface area contributed by atoms with Crippen LogP contribution in [0.5, 0.6) is 5.75 Å². The number of allylic oxidation sites excluding steroid dienone is 1. The van der Waals surface area contributed by atoms with Crippen molar-refractivity contribution in [1.29, 1.82) is 0 Å². The van der Waals surface area contributed by atoms with E-state index in [9.17, 15) is 22.4 Å². The van der Waals surface area contributed by atoms with Crippen molar-refractivity contribution in [3.8, 4) is 5.75 Å². The van der Waals surface area contributed by atoms with Gasteiger partial charge in [-0.15, -0.1) is 18.7 Å². The first-order chi connectivity index (χ1) is 20.9. The number of hydrogen-bond donors (Lipinski definition) is 4. The van der Waals surface area contributed by atoms with E-state index in [-0.39, 0.29) is 29.0 Å². The van der Waals surface area contributed by atoms with Crippen LogP contribution in [0.1, 0.15) is 81.8 Å². The van der Waals surface area contributed by atoms with Gasteiger partial charge in [0.2, 0.25) is 0 Å². The minimum atomic E-state index is -4.76. The van der Waals surface area contributed by atoms with Gasteiger partial charge in [-0.2, -0.15) is 0 Å². The number of carbonyl (C=O) groups is 1. The number of carboxylic acids is 1. The largest absolute Gasteiger partial charge is 0.573 e. The number of alkyl halides is 3. The summed E-state index contributed by atoms with van der Waals surface area (Å²) in [6.45, 7) is 8.37. The Labute approximate surface area is 255 Å². The third-order valence-corrected chi connectivity index (χ3v) is 7.11. The molecule has 2 saturated carbocycles. The van der Waals surface area contributed by atoms with Crippen LogP contribution in [0.2, 0.25) is 0 Å². The molecule has 4 atom stereocenters. The molecule has 0 bridgehead atoms. The minimum Gasteiger partial charge on any atom is -0.489 e. The van der Waals surface area contributed by atoms with Gasteiger partial charge in [0, 0.05) is 11.5 Å². The third kappa shape index (κ3) is 10.6. The second-order valence-electron chi connectivity index (χ2n) is 10.4. The van der Waals surface area contributed by atoms with Gasteiger partial charge in [0.05, 0.1) is 18.4 Å². The molecule has 6 N–H and O–H groups in total. The van der Waals surface area contributed by atoms with E-state index in [0.29, 0.717) is 23.2 Å². The number of hydroxylamine groups is 1. The van der Waals surface area contributed by atoms with Crippen molar-refractivity contribution in [2.45, 2.75) is 78.3 Å². The van der Waals surface area contributed by atoms with Gasteiger partial charge in [-0.3, -0.25) is 0 Å². The molecule has 0 aromatic heterocycles. The first-order valence-electron chi connectivity index (χ1n) is 14.6. The highest BCUT2D eigenvalue weighted by molar-refractivity contribution is 5.88. The van der Waals surface area contributed by atoms with Crippen LogP contribution < -0.4 is 21.8 Å². The van der Waals surface area contributed by atoms with Gasteiger partial charge in [-0.25, -0.2) is 15.1 Å². The molecule has 13 heteroatoms. The fraction of sp³-hybridized carbons (Fsp3) is 0.516. The van der Waals surface area contributed by atoms with E-state index in [1.54, 1.807) is 12.1 Å². The average Bonchev–Trinajstić information content (AvgIpc) is 3.64. The SMILES string of the molecule is CC.CCC1CC(C)CC1OC1=C(C2CC2)ONC1c1ccccc1OC(F)(F)F.CON.Nc1ccc(C(=O)O)cc1F. The number of para-hydroxylation sites is 1. The second kappa shape index (κ2) is 17.1. The maximum atomic E-state index is 12.9. The minimum absolute atomic E-state index is 0.0463. The smallest absolute Gasteiger partial charge is 0.489 e. The topological polar surface area (TPSA) is 138 Å². The quantitative estimate of drug-likeness (QED) is 0.142. The van der Waals surface area contributed by atoms with Crippen LogP contribution in [0.4, 0.5) is 23.2 Å². The van der Waals surface area contributed by atoms with Gasteiger partial charge in [0.15, 0.2) is 11.5 Å². The van der Waals surface area contributed by atoms with Crippen LogP contribution in [-0.2, 0) is 14.4 Å². The van der Waals surface area contributed by atoms with Gasteiger partial charge >= 0.3 is 12.3 Å². The normalized spacial score (nSPS) is 22.3. The number of aromatic carboxylic acids is 1. The summed E-state index contributed by atoms with van der Waals surface area (Å²) in [6, 6.07) is 8.91. The Kier molecular flexibility index (Phi) is 14.2. The lowest BCUT2D eigenvalue weighted by Gasteiger charge is -2.24. The summed E-state index contributed by atoms with van der Waals surface area (Å²) in [6.07, 6.45) is 0.408. The number of nitrogens with one attached hydrogen (secondary N) is 1. The van der Waals surface area contributed by atoms with Gasteiger partial charge in [0.25, 0.3) is 0 Å². The number of rotatable bonds is 7. The van der Waals surface area contributed by atoms with Crippen LogP contribution in [0.3, 0.4) is 0 Å². The highest BCUT2D eigenvalue weighted by atomic mass is 19.4. The Bertz CT molecular complexity index is 1240. The summed E-state index contributed by atoms with van der Waals surface area (Å²) in [4.78, 5) is 19.7. The monoisotopic (exact) mass is 629 g/mol. The lowest BCUT2D eigenvalue weighted by atomic mass is 10.0. The molecular formula is C31H43F4N3O6. The van der Waals surface area contributed by atoms with Crippen molar-refractivity contribution in [3.05, 3.63) is 70.9 Å². The third-order valence-electron chi connectivity index (χ3n) is 7.11. The Morgan fingerprint density at radius 2 is 1.77 bits per heavy atom. The number of ether oxygens (including phenoxy) is 2. The van der Waals surface area contributed by atoms with Gasteiger partial charge < -0.3 is 30.0 Å². The van der Waals surface area contributed by atoms with E-state index < -0.39 is 24.2 Å². The summed E-state index contributed by atoms with van der Waals surface area (Å²) in [7, 11) is 1.40. The molecule has 3 aliphatic rings. The maximum Gasteiger partial charge on any atom is 0.573 e. The molecular weight excluding hydrogens is 586 g/mol. The molecule has 5 rings (SSSR count). The van der Waals surface area contributed by atoms with Crippen molar-refractivity contribution in [2.24, 2.45) is 23.7 Å². The Balaban J connectivity index is 0.000000352. The number of anilines is 1. The molecule has 2 aromatic carbocycles. The van der Waals surface area contributed by atoms with Crippen LogP contribution in [-0.4, -0.2) is 30.7 Å². The molecule has 0 amide bonds. The van der Waals surface area contributed by atoms with Crippen molar-refractivity contribution in [1.82, 2.24) is 5.48 Å². The fourth-order valence-electron chi connectivity index (χ4n) is 5.02. The standard InChI is InChI=1S/C21H26F3NO3.C7H6FNO2.C2H6.CH5NO/c1-3-13-10-12(2)11-17(13)26-20-18(25-28-19(20)14-8-9-14)15-6-4-5-7-16(15)27-21(22,23)24;8-5-3-4(7(10)11)1-2-6(5)9;1-2;1-3-2/h4-7,12-14,17-18,25H,3,8-11H2,1-2H3;1-3H,9H2,(H,10,11);1-2H3;2H2,1H3. The molecule has 0 radical (unpaired) electrons. The number of nitrogens with two attached hydrogens (primary N) is 2. The van der Waals surface area contributed by atoms with Crippen LogP contribution in [0.15, 0.2) is 54.0 Å². The average molecular weight is 630 g/mol. The van der Waals surface area contributed by atoms with E-state index in [4.69, 9.17) is 20.4 Å². The Morgan fingerprint density at radius 1 is 1.14 bits per heavy atom. The van der Waals surface area contributed by atoms with Gasteiger partial charge in [-0.1, -0.05) is 45.9 Å². The molecule has 0 spiro atoms. The number of nitrogen functional groups attached to an aromatic ring is 1. The van der Waals surface area contributed by atoms with Crippen LogP contribution >= 0.6 is 0 Å². The van der Waals surface area contributed by atoms with E-state index in [2.05, 4.69) is 34.8 Å². The summed E-state index contributed by atoms with van der Waals surface area (Å²) >= 11 is 0. The van der Waals surface area contributed by atoms with E-state index >= 15 is 0 Å². The molecule has 2 aromatic rings. The first kappa shape index (κ1) is 36.6. The van der Waals surface area contributed by atoms with Crippen molar-refractivity contribution in [3.63, 3.8) is 0 Å². The molecule has 2 aliphatic carbocycles. The predicted octanol–water partition coefficient (Wildman–Crippen LogP) is 7.26. The predicted molar refractivity (Wildman–Crippen MR) is 157 cm³/mol. The molecule has 246 valence electrons. The molecule has 9 nitrogen and oxygen atoms in total. The van der Waals surface area contributed by atoms with E-state index in [1.807, 2.05) is 13.8 Å². The molecule has 2 fully saturated rings. The van der Waals surface area contributed by atoms with Crippen molar-refractivity contribution in [2.75, 3.05) is 12.8 Å². The number of halogens is 4. The van der Waals surface area contributed by atoms with E-state index in [0.717, 1.165) is 43.9 Å². The lowest BCUT2D eigenvalue weighted by Crippen LogP contribution is -2.24. The zero-order valence-corrected chi connectivity index (χ0v) is 25.6. The first-order valence-corrected chi connectivity index (χ1v) is 14.6. The summed E-state index contributed by atoms with van der Waals surface area (Å²) in [5.74, 6) is 4.91. The zero-order valence-electron chi connectivity index (χ0n) is 25.6. The highest BCUT2D eigenvalue weighted by Crippen LogP contribution is 2.48. The Hall–Kier alpha value is -3.55. The second-order valence-corrected chi connectivity index (χ2v) is 10.4. The Morgan fingerprint density at radius 3 is 2.32 bits per heavy atom. The van der Waals surface area contributed by atoms with Gasteiger partial charge in [-0.05, 0) is 68.2 Å². The molecule has 44 heavy (non-hydrogen) atoms. The van der Waals surface area contributed by atoms with Crippen LogP contribution in [0.25, 0.3) is 0 Å². The number of hydrogen-bond acceptors (Lipinski definition) is 8. The van der Waals surface area contributed by atoms with Crippen molar-refractivity contribution < 1.29 is 46.6 Å². The summed E-state index contributed by atoms with van der Waals surface area (Å²) in [5, 5.41) is 8.39. The highest BCUT2D eigenvalue weighted by Gasteiger charge is 2.44.